The Morgan fingerprint density at radius 1 is 1.05 bits per heavy atom. The van der Waals surface area contributed by atoms with Gasteiger partial charge in [-0.05, 0) is 118 Å². The second-order valence-electron chi connectivity index (χ2n) is 13.2. The molecule has 2 atom stereocenters. The molecule has 1 aromatic carbocycles. The van der Waals surface area contributed by atoms with Crippen molar-refractivity contribution in [2.45, 2.75) is 111 Å². The summed E-state index contributed by atoms with van der Waals surface area (Å²) >= 11 is 0. The van der Waals surface area contributed by atoms with Crippen molar-refractivity contribution in [2.24, 2.45) is 11.3 Å². The van der Waals surface area contributed by atoms with Crippen LogP contribution in [0.15, 0.2) is 42.6 Å². The monoisotopic (exact) mass is 563 g/mol. The third kappa shape index (κ3) is 10.8. The van der Waals surface area contributed by atoms with Gasteiger partial charge in [0.15, 0.2) is 0 Å². The Morgan fingerprint density at radius 3 is 2.41 bits per heavy atom. The zero-order valence-corrected chi connectivity index (χ0v) is 26.4. The molecular formula is C36H57N3O2. The quantitative estimate of drug-likeness (QED) is 0.389. The van der Waals surface area contributed by atoms with E-state index < -0.39 is 0 Å². The van der Waals surface area contributed by atoms with Crippen LogP contribution in [0.1, 0.15) is 116 Å². The number of carbonyl (C=O) groups excluding carboxylic acids is 2. The molecule has 1 amide bonds. The number of carbonyl (C=O) groups is 2. The summed E-state index contributed by atoms with van der Waals surface area (Å²) in [6, 6.07) is 10.7. The fourth-order valence-corrected chi connectivity index (χ4v) is 6.23. The van der Waals surface area contributed by atoms with Gasteiger partial charge in [0, 0.05) is 27.4 Å². The number of benzene rings is 1. The van der Waals surface area contributed by atoms with Crippen LogP contribution in [0.4, 0.5) is 0 Å². The highest BCUT2D eigenvalue weighted by molar-refractivity contribution is 5.76. The number of pyridine rings is 1. The second-order valence-corrected chi connectivity index (χ2v) is 13.2. The topological polar surface area (TPSA) is 71.1 Å². The molecule has 5 rings (SSSR count). The number of fused-ring (bicyclic) bond motifs is 1. The predicted molar refractivity (Wildman–Crippen MR) is 175 cm³/mol. The van der Waals surface area contributed by atoms with Crippen LogP contribution < -0.4 is 10.6 Å². The number of aromatic nitrogens is 1. The number of rotatable bonds is 5. The highest BCUT2D eigenvalue weighted by Crippen LogP contribution is 2.36. The Balaban J connectivity index is 0.000000485. The van der Waals surface area contributed by atoms with E-state index in [9.17, 15) is 9.59 Å². The van der Waals surface area contributed by atoms with Gasteiger partial charge >= 0.3 is 0 Å². The van der Waals surface area contributed by atoms with Gasteiger partial charge in [-0.25, -0.2) is 0 Å². The van der Waals surface area contributed by atoms with E-state index in [1.54, 1.807) is 0 Å². The lowest BCUT2D eigenvalue weighted by atomic mass is 9.76. The molecule has 2 heterocycles. The van der Waals surface area contributed by atoms with E-state index in [1.165, 1.54) is 74.1 Å². The summed E-state index contributed by atoms with van der Waals surface area (Å²) in [6.45, 7) is 14.7. The number of ketones is 1. The molecule has 0 spiro atoms. The van der Waals surface area contributed by atoms with E-state index in [4.69, 9.17) is 4.98 Å². The number of piperidine rings is 1. The third-order valence-corrected chi connectivity index (χ3v) is 8.61. The molecular weight excluding hydrogens is 506 g/mol. The molecule has 5 nitrogen and oxygen atoms in total. The lowest BCUT2D eigenvalue weighted by Crippen LogP contribution is -2.38. The van der Waals surface area contributed by atoms with Gasteiger partial charge in [0.05, 0.1) is 5.69 Å². The number of allylic oxidation sites excluding steroid dienone is 1. The first-order valence-corrected chi connectivity index (χ1v) is 15.7. The van der Waals surface area contributed by atoms with Crippen molar-refractivity contribution in [1.82, 2.24) is 15.6 Å². The van der Waals surface area contributed by atoms with Crippen molar-refractivity contribution in [3.63, 3.8) is 0 Å². The summed E-state index contributed by atoms with van der Waals surface area (Å²) in [5, 5.41) is 6.68. The lowest BCUT2D eigenvalue weighted by Gasteiger charge is -2.34. The van der Waals surface area contributed by atoms with E-state index in [0.717, 1.165) is 38.0 Å². The van der Waals surface area contributed by atoms with Crippen LogP contribution in [0, 0.1) is 18.3 Å². The number of amides is 1. The summed E-state index contributed by atoms with van der Waals surface area (Å²) in [7, 11) is 0. The van der Waals surface area contributed by atoms with Crippen LogP contribution in [-0.4, -0.2) is 35.8 Å². The normalized spacial score (nSPS) is 20.1. The van der Waals surface area contributed by atoms with Gasteiger partial charge in [-0.15, -0.1) is 0 Å². The van der Waals surface area contributed by atoms with Crippen molar-refractivity contribution in [2.75, 3.05) is 13.1 Å². The predicted octanol–water partition coefficient (Wildman–Crippen LogP) is 7.85. The molecule has 1 aliphatic heterocycles. The molecule has 5 heteroatoms. The van der Waals surface area contributed by atoms with E-state index in [1.807, 2.05) is 18.3 Å². The Morgan fingerprint density at radius 2 is 1.76 bits per heavy atom. The standard InChI is InChI=1S/C24H28N2O.C9H19N.C3H6O.2H2/c1-17-6-2-3-7-18(17)12-13-23(27)26-21-10-4-9-20(16-21)24-22-11-5-8-19(22)14-15-25-24;1-9(2,3)8-4-6-10-7-5-8;1-3(2)4;;/h2-3,5-7,11,14-15,20-21H,4,8-10,12-13,16H2,1H3,(H,26,27);8,10H,4-7H2,1-3H3;1-2H3;2*1H/t20?,21-;;;;/m1..../s1. The van der Waals surface area contributed by atoms with Gasteiger partial charge in [0.25, 0.3) is 0 Å². The Bertz CT molecular complexity index is 1170. The molecule has 1 aromatic heterocycles. The molecule has 0 bridgehead atoms. The third-order valence-electron chi connectivity index (χ3n) is 8.61. The van der Waals surface area contributed by atoms with E-state index in [2.05, 4.69) is 68.7 Å². The maximum absolute atomic E-state index is 12.5. The highest BCUT2D eigenvalue weighted by Gasteiger charge is 2.28. The van der Waals surface area contributed by atoms with Gasteiger partial charge < -0.3 is 15.4 Å². The SMILES string of the molecule is CC(C)(C)C1CCNCC1.CC(C)=O.Cc1ccccc1CCC(=O)N[C@@H]1CCCC(c2nccc3c2C=CC3)C1.[HH].[HH]. The van der Waals surface area contributed by atoms with Crippen molar-refractivity contribution < 1.29 is 12.4 Å². The lowest BCUT2D eigenvalue weighted by molar-refractivity contribution is -0.122. The van der Waals surface area contributed by atoms with E-state index in [-0.39, 0.29) is 20.6 Å². The molecule has 1 saturated carbocycles. The molecule has 2 aliphatic carbocycles. The first kappa shape index (κ1) is 32.7. The molecule has 3 aliphatic rings. The summed E-state index contributed by atoms with van der Waals surface area (Å²) in [4.78, 5) is 26.6. The number of nitrogens with zero attached hydrogens (tertiary/aromatic N) is 1. The molecule has 1 unspecified atom stereocenters. The first-order chi connectivity index (χ1) is 19.5. The van der Waals surface area contributed by atoms with Crippen LogP contribution in [0.25, 0.3) is 6.08 Å². The van der Waals surface area contributed by atoms with Gasteiger partial charge in [-0.3, -0.25) is 9.78 Å². The van der Waals surface area contributed by atoms with Gasteiger partial charge in [-0.1, -0.05) is 63.6 Å². The maximum atomic E-state index is 12.5. The molecule has 2 fully saturated rings. The van der Waals surface area contributed by atoms with E-state index >= 15 is 0 Å². The van der Waals surface area contributed by atoms with Crippen LogP contribution in [0.3, 0.4) is 0 Å². The minimum absolute atomic E-state index is 0. The Kier molecular flexibility index (Phi) is 12.8. The molecule has 1 saturated heterocycles. The molecule has 2 aromatic rings. The average Bonchev–Trinajstić information content (AvgIpc) is 3.42. The molecule has 41 heavy (non-hydrogen) atoms. The number of hydrogen-bond acceptors (Lipinski definition) is 4. The average molecular weight is 564 g/mol. The first-order valence-electron chi connectivity index (χ1n) is 15.7. The van der Waals surface area contributed by atoms with Crippen LogP contribution in [0.5, 0.6) is 0 Å². The summed E-state index contributed by atoms with van der Waals surface area (Å²) < 4.78 is 0. The Hall–Kier alpha value is -2.79. The highest BCUT2D eigenvalue weighted by atomic mass is 16.1. The molecule has 0 radical (unpaired) electrons. The largest absolute Gasteiger partial charge is 0.353 e. The number of aryl methyl sites for hydroxylation is 2. The Labute approximate surface area is 252 Å². The van der Waals surface area contributed by atoms with Crippen molar-refractivity contribution in [1.29, 1.82) is 0 Å². The fourth-order valence-electron chi connectivity index (χ4n) is 6.23. The van der Waals surface area contributed by atoms with Crippen molar-refractivity contribution in [3.8, 4) is 0 Å². The summed E-state index contributed by atoms with van der Waals surface area (Å²) in [6.07, 6.45) is 15.9. The van der Waals surface area contributed by atoms with Crippen molar-refractivity contribution in [3.05, 3.63) is 70.6 Å². The minimum Gasteiger partial charge on any atom is -0.353 e. The van der Waals surface area contributed by atoms with Gasteiger partial charge in [-0.2, -0.15) is 0 Å². The van der Waals surface area contributed by atoms with Crippen LogP contribution >= 0.6 is 0 Å². The van der Waals surface area contributed by atoms with Crippen LogP contribution in [-0.2, 0) is 22.4 Å². The second kappa shape index (κ2) is 16.0. The van der Waals surface area contributed by atoms with Gasteiger partial charge in [0.1, 0.15) is 5.78 Å². The zero-order chi connectivity index (χ0) is 29.8. The fraction of sp³-hybridized carbons (Fsp3) is 0.583. The van der Waals surface area contributed by atoms with E-state index in [0.29, 0.717) is 17.8 Å². The number of hydrogen-bond donors (Lipinski definition) is 2. The minimum atomic E-state index is 0. The summed E-state index contributed by atoms with van der Waals surface area (Å²) in [5.41, 5.74) is 7.02. The summed E-state index contributed by atoms with van der Waals surface area (Å²) in [5.74, 6) is 1.74. The smallest absolute Gasteiger partial charge is 0.220 e. The number of Topliss-reactive ketones (excluding diaryl/α,β-unsaturated/α-hetero) is 1. The van der Waals surface area contributed by atoms with Gasteiger partial charge in [0.2, 0.25) is 5.91 Å². The molecule has 2 N–H and O–H groups in total. The van der Waals surface area contributed by atoms with Crippen molar-refractivity contribution >= 4 is 17.8 Å². The zero-order valence-electron chi connectivity index (χ0n) is 26.4. The van der Waals surface area contributed by atoms with Crippen LogP contribution in [0.2, 0.25) is 0 Å². The number of nitrogens with one attached hydrogen (secondary N) is 2. The molecule has 228 valence electrons. The maximum Gasteiger partial charge on any atom is 0.220 e.